The summed E-state index contributed by atoms with van der Waals surface area (Å²) >= 11 is 6.54. The van der Waals surface area contributed by atoms with Crippen LogP contribution in [0.4, 0.5) is 15.9 Å². The molecule has 0 amide bonds. The molecule has 0 bridgehead atoms. The van der Waals surface area contributed by atoms with Crippen molar-refractivity contribution in [2.75, 3.05) is 11.9 Å². The van der Waals surface area contributed by atoms with Gasteiger partial charge >= 0.3 is 0 Å². The number of anilines is 2. The van der Waals surface area contributed by atoms with Crippen LogP contribution in [0.25, 0.3) is 22.0 Å². The first-order chi connectivity index (χ1) is 21.0. The summed E-state index contributed by atoms with van der Waals surface area (Å²) in [5.74, 6) is 1.84. The Labute approximate surface area is 257 Å². The molecule has 2 aliphatic carbocycles. The fourth-order valence-corrected chi connectivity index (χ4v) is 6.39. The molecule has 1 saturated carbocycles. The molecule has 0 aliphatic heterocycles. The highest BCUT2D eigenvalue weighted by molar-refractivity contribution is 6.32. The lowest BCUT2D eigenvalue weighted by molar-refractivity contribution is 0.120. The van der Waals surface area contributed by atoms with Gasteiger partial charge in [-0.2, -0.15) is 0 Å². The third-order valence-electron chi connectivity index (χ3n) is 8.40. The van der Waals surface area contributed by atoms with E-state index >= 15 is 0 Å². The van der Waals surface area contributed by atoms with Crippen LogP contribution in [0.1, 0.15) is 51.4 Å². The van der Waals surface area contributed by atoms with Gasteiger partial charge in [0.05, 0.1) is 16.6 Å². The van der Waals surface area contributed by atoms with Crippen LogP contribution in [0.15, 0.2) is 85.0 Å². The van der Waals surface area contributed by atoms with E-state index in [-0.39, 0.29) is 12.7 Å². The maximum atomic E-state index is 13.6. The summed E-state index contributed by atoms with van der Waals surface area (Å²) in [6.45, 7) is 0.856. The number of nitrogens with one attached hydrogen (secondary N) is 1. The molecule has 0 saturated heterocycles. The summed E-state index contributed by atoms with van der Waals surface area (Å²) in [5.41, 5.74) is 4.50. The molecule has 43 heavy (non-hydrogen) atoms. The van der Waals surface area contributed by atoms with E-state index in [4.69, 9.17) is 16.3 Å². The minimum atomic E-state index is -0.970. The highest BCUT2D eigenvalue weighted by Gasteiger charge is 2.17. The van der Waals surface area contributed by atoms with Gasteiger partial charge in [0.1, 0.15) is 30.7 Å². The quantitative estimate of drug-likeness (QED) is 0.178. The number of allylic oxidation sites excluding steroid dienone is 2. The van der Waals surface area contributed by atoms with E-state index in [1.165, 1.54) is 38.5 Å². The van der Waals surface area contributed by atoms with E-state index in [0.29, 0.717) is 35.5 Å². The zero-order chi connectivity index (χ0) is 29.6. The third kappa shape index (κ3) is 7.64. The van der Waals surface area contributed by atoms with E-state index in [1.54, 1.807) is 24.5 Å². The van der Waals surface area contributed by atoms with Gasteiger partial charge in [-0.25, -0.2) is 14.4 Å². The van der Waals surface area contributed by atoms with Crippen LogP contribution < -0.4 is 10.1 Å². The lowest BCUT2D eigenvalue weighted by Crippen LogP contribution is -2.19. The molecule has 2 atom stereocenters. The fourth-order valence-electron chi connectivity index (χ4n) is 6.16. The van der Waals surface area contributed by atoms with E-state index in [2.05, 4.69) is 44.2 Å². The molecular weight excluding hydrogens is 563 g/mol. The van der Waals surface area contributed by atoms with Crippen LogP contribution in [0, 0.1) is 5.92 Å². The Hall–Kier alpha value is -3.68. The number of aliphatic hydroxyl groups excluding tert-OH is 1. The molecular formula is C35H38ClFN4O2. The monoisotopic (exact) mass is 600 g/mol. The number of rotatable bonds is 10. The zero-order valence-corrected chi connectivity index (χ0v) is 25.0. The second-order valence-electron chi connectivity index (χ2n) is 11.8. The van der Waals surface area contributed by atoms with Crippen molar-refractivity contribution in [1.82, 2.24) is 14.5 Å². The van der Waals surface area contributed by atoms with Crippen LogP contribution in [0.2, 0.25) is 5.02 Å². The SMILES string of the molecule is OC(CC1CCCCCC1)Cn1ccc(-c2ccc3ncnc(Nc4ccc(OCC5=CC(F)CC=C5)c(Cl)c4)c3c2)c1. The lowest BCUT2D eigenvalue weighted by atomic mass is 9.94. The predicted octanol–water partition coefficient (Wildman–Crippen LogP) is 8.82. The van der Waals surface area contributed by atoms with Crippen molar-refractivity contribution in [3.05, 3.63) is 90.0 Å². The highest BCUT2D eigenvalue weighted by atomic mass is 35.5. The number of hydrogen-bond donors (Lipinski definition) is 2. The highest BCUT2D eigenvalue weighted by Crippen LogP contribution is 2.33. The van der Waals surface area contributed by atoms with Crippen molar-refractivity contribution in [3.8, 4) is 16.9 Å². The fraction of sp³-hybridized carbons (Fsp3) is 0.371. The molecule has 2 heterocycles. The van der Waals surface area contributed by atoms with Gasteiger partial charge in [0.2, 0.25) is 0 Å². The summed E-state index contributed by atoms with van der Waals surface area (Å²) in [6.07, 6.45) is 18.7. The van der Waals surface area contributed by atoms with Crippen LogP contribution in [-0.2, 0) is 6.54 Å². The Morgan fingerprint density at radius 2 is 1.91 bits per heavy atom. The number of aliphatic hydroxyl groups is 1. The number of nitrogens with zero attached hydrogens (tertiary/aromatic N) is 3. The number of halogens is 2. The summed E-state index contributed by atoms with van der Waals surface area (Å²) in [5, 5.41) is 15.5. The lowest BCUT2D eigenvalue weighted by Gasteiger charge is -2.19. The largest absolute Gasteiger partial charge is 0.487 e. The molecule has 6 rings (SSSR count). The number of ether oxygens (including phenoxy) is 1. The number of alkyl halides is 1. The molecule has 224 valence electrons. The third-order valence-corrected chi connectivity index (χ3v) is 8.69. The van der Waals surface area contributed by atoms with E-state index in [1.807, 2.05) is 30.5 Å². The van der Waals surface area contributed by atoms with Crippen LogP contribution >= 0.6 is 11.6 Å². The van der Waals surface area contributed by atoms with E-state index < -0.39 is 6.17 Å². The topological polar surface area (TPSA) is 72.2 Å². The van der Waals surface area contributed by atoms with Gasteiger partial charge in [-0.05, 0) is 71.5 Å². The van der Waals surface area contributed by atoms with Crippen molar-refractivity contribution in [2.24, 2.45) is 5.92 Å². The smallest absolute Gasteiger partial charge is 0.141 e. The molecule has 2 aromatic carbocycles. The van der Waals surface area contributed by atoms with Crippen LogP contribution in [-0.4, -0.2) is 38.5 Å². The molecule has 0 spiro atoms. The second-order valence-corrected chi connectivity index (χ2v) is 12.2. The first-order valence-corrected chi connectivity index (χ1v) is 15.7. The van der Waals surface area contributed by atoms with Gasteiger partial charge < -0.3 is 19.7 Å². The van der Waals surface area contributed by atoms with E-state index in [0.717, 1.165) is 39.7 Å². The standard InChI is InChI=1S/C35H38ClFN4O2/c36-32-19-29(11-13-34(32)43-22-25-8-5-9-28(37)16-25)40-35-31-18-26(10-12-33(31)38-23-39-35)27-14-15-41(20-27)21-30(42)17-24-6-3-1-2-4-7-24/h5,8,10-16,18-20,23-24,28,30,42H,1-4,6-7,9,17,21-22H2,(H,38,39,40). The summed E-state index contributed by atoms with van der Waals surface area (Å²) in [7, 11) is 0. The van der Waals surface area contributed by atoms with Crippen molar-refractivity contribution in [3.63, 3.8) is 0 Å². The van der Waals surface area contributed by atoms with Gasteiger partial charge in [-0.3, -0.25) is 0 Å². The molecule has 2 aromatic heterocycles. The van der Waals surface area contributed by atoms with Crippen molar-refractivity contribution >= 4 is 34.0 Å². The Balaban J connectivity index is 1.13. The Morgan fingerprint density at radius 3 is 2.72 bits per heavy atom. The molecule has 4 aromatic rings. The average Bonchev–Trinajstić information content (AvgIpc) is 3.31. The predicted molar refractivity (Wildman–Crippen MR) is 172 cm³/mol. The summed E-state index contributed by atoms with van der Waals surface area (Å²) in [4.78, 5) is 8.97. The first-order valence-electron chi connectivity index (χ1n) is 15.3. The molecule has 8 heteroatoms. The van der Waals surface area contributed by atoms with Gasteiger partial charge in [-0.1, -0.05) is 68.3 Å². The Bertz CT molecular complexity index is 1610. The van der Waals surface area contributed by atoms with Gasteiger partial charge in [0.25, 0.3) is 0 Å². The van der Waals surface area contributed by atoms with Gasteiger partial charge in [0.15, 0.2) is 0 Å². The second kappa shape index (κ2) is 13.7. The maximum Gasteiger partial charge on any atom is 0.141 e. The van der Waals surface area contributed by atoms with Crippen molar-refractivity contribution < 1.29 is 14.2 Å². The number of hydrogen-bond acceptors (Lipinski definition) is 5. The Morgan fingerprint density at radius 1 is 1.05 bits per heavy atom. The molecule has 1 fully saturated rings. The number of fused-ring (bicyclic) bond motifs is 1. The van der Waals surface area contributed by atoms with Crippen molar-refractivity contribution in [1.29, 1.82) is 0 Å². The van der Waals surface area contributed by atoms with Crippen molar-refractivity contribution in [2.45, 2.75) is 70.2 Å². The Kier molecular flexibility index (Phi) is 9.39. The summed E-state index contributed by atoms with van der Waals surface area (Å²) < 4.78 is 21.6. The molecule has 0 radical (unpaired) electrons. The maximum absolute atomic E-state index is 13.6. The molecule has 2 unspecified atom stereocenters. The summed E-state index contributed by atoms with van der Waals surface area (Å²) in [6, 6.07) is 13.7. The number of aromatic nitrogens is 3. The van der Waals surface area contributed by atoms with Gasteiger partial charge in [-0.15, -0.1) is 0 Å². The number of benzene rings is 2. The normalized spacial score (nSPS) is 18.3. The zero-order valence-electron chi connectivity index (χ0n) is 24.3. The van der Waals surface area contributed by atoms with Gasteiger partial charge in [0, 0.05) is 36.4 Å². The average molecular weight is 601 g/mol. The minimum absolute atomic E-state index is 0.254. The van der Waals surface area contributed by atoms with Crippen LogP contribution in [0.3, 0.4) is 0 Å². The molecule has 2 aliphatic rings. The molecule has 2 N–H and O–H groups in total. The van der Waals surface area contributed by atoms with Crippen LogP contribution in [0.5, 0.6) is 5.75 Å². The van der Waals surface area contributed by atoms with E-state index in [9.17, 15) is 9.50 Å². The first kappa shape index (κ1) is 29.4. The minimum Gasteiger partial charge on any atom is -0.487 e. The molecule has 6 nitrogen and oxygen atoms in total.